The topological polar surface area (TPSA) is 78.5 Å². The molecule has 1 amide bonds. The number of nitrogens with zero attached hydrogens (tertiary/aromatic N) is 2. The number of nitrogens with one attached hydrogen (secondary N) is 1. The highest BCUT2D eigenvalue weighted by atomic mass is 16.5. The maximum Gasteiger partial charge on any atom is 0.243 e. The van der Waals surface area contributed by atoms with Gasteiger partial charge < -0.3 is 9.15 Å². The molecule has 2 rings (SSSR count). The molecule has 3 unspecified atom stereocenters. The zero-order valence-corrected chi connectivity index (χ0v) is 13.8. The molecule has 0 bridgehead atoms. The van der Waals surface area contributed by atoms with Gasteiger partial charge in [-0.05, 0) is 34.6 Å². The third-order valence-electron chi connectivity index (χ3n) is 4.11. The van der Waals surface area contributed by atoms with Crippen LogP contribution in [0.15, 0.2) is 4.42 Å². The summed E-state index contributed by atoms with van der Waals surface area (Å²) in [7, 11) is 0. The maximum atomic E-state index is 12.5. The van der Waals surface area contributed by atoms with E-state index in [-0.39, 0.29) is 30.0 Å². The third-order valence-corrected chi connectivity index (χ3v) is 4.11. The summed E-state index contributed by atoms with van der Waals surface area (Å²) in [6, 6.07) is 1.77. The highest BCUT2D eigenvalue weighted by molar-refractivity contribution is 5.94. The molecule has 2 heterocycles. The molecule has 120 valence electrons. The van der Waals surface area contributed by atoms with Crippen LogP contribution >= 0.6 is 0 Å². The molecule has 1 aliphatic rings. The average Bonchev–Trinajstić information content (AvgIpc) is 2.71. The van der Waals surface area contributed by atoms with E-state index in [1.54, 1.807) is 6.92 Å². The summed E-state index contributed by atoms with van der Waals surface area (Å²) in [4.78, 5) is 14.5. The molecular weight excluding hydrogens is 282 g/mol. The first kappa shape index (κ1) is 16.5. The van der Waals surface area contributed by atoms with Crippen LogP contribution in [0, 0.1) is 25.2 Å². The second kappa shape index (κ2) is 6.51. The minimum absolute atomic E-state index is 0.0989. The quantitative estimate of drug-likeness (QED) is 0.926. The van der Waals surface area contributed by atoms with E-state index in [4.69, 9.17) is 9.15 Å². The standard InChI is InChI=1S/C16H23N3O3/c1-9-7-19(8-10(2)21-9)12(4)15(20)18-16-14(6-17)11(3)13(5)22-16/h9-10,12H,7-8H2,1-5H3,(H,18,20). The highest BCUT2D eigenvalue weighted by Gasteiger charge is 2.30. The van der Waals surface area contributed by atoms with Crippen molar-refractivity contribution in [2.75, 3.05) is 18.4 Å². The van der Waals surface area contributed by atoms with Gasteiger partial charge in [0.1, 0.15) is 17.4 Å². The van der Waals surface area contributed by atoms with Gasteiger partial charge in [-0.2, -0.15) is 5.26 Å². The number of morpholine rings is 1. The normalized spacial score (nSPS) is 23.8. The SMILES string of the molecule is Cc1oc(NC(=O)C(C)N2CC(C)OC(C)C2)c(C#N)c1C. The van der Waals surface area contributed by atoms with Crippen molar-refractivity contribution in [1.29, 1.82) is 5.26 Å². The van der Waals surface area contributed by atoms with E-state index < -0.39 is 0 Å². The van der Waals surface area contributed by atoms with Crippen molar-refractivity contribution in [3.63, 3.8) is 0 Å². The first-order valence-corrected chi connectivity index (χ1v) is 7.54. The summed E-state index contributed by atoms with van der Waals surface area (Å²) in [6.45, 7) is 10.9. The summed E-state index contributed by atoms with van der Waals surface area (Å²) in [5.74, 6) is 0.711. The maximum absolute atomic E-state index is 12.5. The predicted octanol–water partition coefficient (Wildman–Crippen LogP) is 2.20. The monoisotopic (exact) mass is 305 g/mol. The van der Waals surface area contributed by atoms with Crippen molar-refractivity contribution in [2.24, 2.45) is 0 Å². The molecule has 6 heteroatoms. The number of carbonyl (C=O) groups is 1. The Morgan fingerprint density at radius 1 is 1.36 bits per heavy atom. The second-order valence-electron chi connectivity index (χ2n) is 5.98. The predicted molar refractivity (Wildman–Crippen MR) is 82.6 cm³/mol. The van der Waals surface area contributed by atoms with Crippen LogP contribution < -0.4 is 5.32 Å². The first-order valence-electron chi connectivity index (χ1n) is 7.54. The lowest BCUT2D eigenvalue weighted by Crippen LogP contribution is -2.52. The van der Waals surface area contributed by atoms with E-state index in [2.05, 4.69) is 16.3 Å². The summed E-state index contributed by atoms with van der Waals surface area (Å²) >= 11 is 0. The van der Waals surface area contributed by atoms with Crippen LogP contribution in [-0.4, -0.2) is 42.1 Å². The van der Waals surface area contributed by atoms with Crippen LogP contribution in [0.25, 0.3) is 0 Å². The molecule has 1 N–H and O–H groups in total. The number of nitriles is 1. The molecule has 1 aromatic rings. The molecule has 1 fully saturated rings. The van der Waals surface area contributed by atoms with Gasteiger partial charge in [0.15, 0.2) is 0 Å². The van der Waals surface area contributed by atoms with Crippen LogP contribution in [0.4, 0.5) is 5.88 Å². The average molecular weight is 305 g/mol. The molecule has 22 heavy (non-hydrogen) atoms. The van der Waals surface area contributed by atoms with Crippen LogP contribution in [0.2, 0.25) is 0 Å². The van der Waals surface area contributed by atoms with Gasteiger partial charge in [0.25, 0.3) is 0 Å². The lowest BCUT2D eigenvalue weighted by molar-refractivity contribution is -0.127. The number of hydrogen-bond acceptors (Lipinski definition) is 5. The van der Waals surface area contributed by atoms with Crippen LogP contribution in [0.1, 0.15) is 37.7 Å². The van der Waals surface area contributed by atoms with Crippen LogP contribution in [-0.2, 0) is 9.53 Å². The molecule has 1 aliphatic heterocycles. The second-order valence-corrected chi connectivity index (χ2v) is 5.98. The largest absolute Gasteiger partial charge is 0.444 e. The Morgan fingerprint density at radius 3 is 2.50 bits per heavy atom. The third kappa shape index (κ3) is 3.32. The summed E-state index contributed by atoms with van der Waals surface area (Å²) in [5.41, 5.74) is 1.15. The van der Waals surface area contributed by atoms with Crippen molar-refractivity contribution in [1.82, 2.24) is 4.90 Å². The number of furan rings is 1. The summed E-state index contributed by atoms with van der Waals surface area (Å²) < 4.78 is 11.2. The van der Waals surface area contributed by atoms with Gasteiger partial charge in [-0.1, -0.05) is 0 Å². The van der Waals surface area contributed by atoms with Gasteiger partial charge in [-0.15, -0.1) is 0 Å². The Kier molecular flexibility index (Phi) is 4.89. The van der Waals surface area contributed by atoms with Crippen molar-refractivity contribution in [3.8, 4) is 6.07 Å². The molecule has 6 nitrogen and oxygen atoms in total. The molecule has 0 aliphatic carbocycles. The number of ether oxygens (including phenoxy) is 1. The molecular formula is C16H23N3O3. The zero-order valence-electron chi connectivity index (χ0n) is 13.8. The van der Waals surface area contributed by atoms with Gasteiger partial charge in [0.05, 0.1) is 18.2 Å². The van der Waals surface area contributed by atoms with E-state index in [1.165, 1.54) is 0 Å². The summed E-state index contributed by atoms with van der Waals surface area (Å²) in [5, 5.41) is 11.9. The molecule has 0 radical (unpaired) electrons. The highest BCUT2D eigenvalue weighted by Crippen LogP contribution is 2.25. The number of aryl methyl sites for hydroxylation is 1. The lowest BCUT2D eigenvalue weighted by atomic mass is 10.1. The smallest absolute Gasteiger partial charge is 0.243 e. The number of amides is 1. The molecule has 0 spiro atoms. The number of anilines is 1. The number of carbonyl (C=O) groups excluding carboxylic acids is 1. The molecule has 0 aromatic carbocycles. The lowest BCUT2D eigenvalue weighted by Gasteiger charge is -2.38. The Morgan fingerprint density at radius 2 is 1.95 bits per heavy atom. The molecule has 1 saturated heterocycles. The van der Waals surface area contributed by atoms with Crippen LogP contribution in [0.5, 0.6) is 0 Å². The fourth-order valence-corrected chi connectivity index (χ4v) is 2.77. The van der Waals surface area contributed by atoms with Gasteiger partial charge in [0.2, 0.25) is 11.8 Å². The molecule has 0 saturated carbocycles. The van der Waals surface area contributed by atoms with E-state index >= 15 is 0 Å². The van der Waals surface area contributed by atoms with Crippen molar-refractivity contribution < 1.29 is 13.9 Å². The Labute approximate surface area is 131 Å². The number of hydrogen-bond donors (Lipinski definition) is 1. The van der Waals surface area contributed by atoms with Gasteiger partial charge >= 0.3 is 0 Å². The molecule has 1 aromatic heterocycles. The Balaban J connectivity index is 2.09. The van der Waals surface area contributed by atoms with E-state index in [0.29, 0.717) is 24.4 Å². The molecule has 3 atom stereocenters. The first-order chi connectivity index (χ1) is 10.3. The Hall–Kier alpha value is -1.84. The van der Waals surface area contributed by atoms with Crippen LogP contribution in [0.3, 0.4) is 0 Å². The van der Waals surface area contributed by atoms with E-state index in [9.17, 15) is 10.1 Å². The van der Waals surface area contributed by atoms with E-state index in [1.807, 2.05) is 27.7 Å². The fourth-order valence-electron chi connectivity index (χ4n) is 2.77. The van der Waals surface area contributed by atoms with Gasteiger partial charge in [0, 0.05) is 18.7 Å². The van der Waals surface area contributed by atoms with Crippen molar-refractivity contribution in [3.05, 3.63) is 16.9 Å². The minimum atomic E-state index is -0.314. The van der Waals surface area contributed by atoms with Gasteiger partial charge in [-0.25, -0.2) is 0 Å². The Bertz CT molecular complexity index is 593. The zero-order chi connectivity index (χ0) is 16.4. The summed E-state index contributed by atoms with van der Waals surface area (Å²) in [6.07, 6.45) is 0.198. The van der Waals surface area contributed by atoms with Crippen molar-refractivity contribution in [2.45, 2.75) is 52.9 Å². The minimum Gasteiger partial charge on any atom is -0.444 e. The van der Waals surface area contributed by atoms with Gasteiger partial charge in [-0.3, -0.25) is 15.0 Å². The fraction of sp³-hybridized carbons (Fsp3) is 0.625. The number of rotatable bonds is 3. The van der Waals surface area contributed by atoms with E-state index in [0.717, 1.165) is 5.56 Å². The van der Waals surface area contributed by atoms with Crippen molar-refractivity contribution >= 4 is 11.8 Å².